The van der Waals surface area contributed by atoms with Crippen LogP contribution in [-0.4, -0.2) is 5.97 Å². The zero-order chi connectivity index (χ0) is 8.81. The number of rotatable bonds is 4. The molecule has 0 unspecified atom stereocenters. The van der Waals surface area contributed by atoms with E-state index >= 15 is 0 Å². The minimum atomic E-state index is -0.897. The molecule has 1 rings (SSSR count). The molecule has 0 spiro atoms. The van der Waals surface area contributed by atoms with Crippen molar-refractivity contribution in [2.24, 2.45) is 5.92 Å². The number of carbonyl (C=O) groups excluding carboxylic acids is 1. The molecule has 75 valence electrons. The van der Waals surface area contributed by atoms with E-state index in [0.717, 1.165) is 18.8 Å². The first kappa shape index (κ1) is 13.0. The molecule has 0 aromatic carbocycles. The summed E-state index contributed by atoms with van der Waals surface area (Å²) in [6.07, 6.45) is 8.83. The number of aliphatic carboxylic acids is 1. The van der Waals surface area contributed by atoms with Crippen molar-refractivity contribution >= 4 is 5.97 Å². The summed E-state index contributed by atoms with van der Waals surface area (Å²) < 4.78 is 0. The summed E-state index contributed by atoms with van der Waals surface area (Å²) in [7, 11) is 0. The van der Waals surface area contributed by atoms with Crippen molar-refractivity contribution in [1.82, 2.24) is 0 Å². The first-order valence-corrected chi connectivity index (χ1v) is 4.99. The van der Waals surface area contributed by atoms with Crippen LogP contribution in [0.1, 0.15) is 51.4 Å². The zero-order valence-electron chi connectivity index (χ0n) is 7.93. The summed E-state index contributed by atoms with van der Waals surface area (Å²) >= 11 is 0. The maximum Gasteiger partial charge on any atom is 2.00 e. The van der Waals surface area contributed by atoms with Gasteiger partial charge in [0, 0.05) is 5.97 Å². The maximum atomic E-state index is 10.1. The predicted molar refractivity (Wildman–Crippen MR) is 45.4 cm³/mol. The van der Waals surface area contributed by atoms with E-state index in [1.165, 1.54) is 32.1 Å². The van der Waals surface area contributed by atoms with Crippen LogP contribution in [0, 0.1) is 5.92 Å². The molecule has 0 N–H and O–H groups in total. The Morgan fingerprint density at radius 1 is 1.23 bits per heavy atom. The molecule has 1 radical (unpaired) electrons. The van der Waals surface area contributed by atoms with E-state index in [-0.39, 0.29) is 23.5 Å². The first-order valence-electron chi connectivity index (χ1n) is 4.99. The summed E-state index contributed by atoms with van der Waals surface area (Å²) in [5, 5.41) is 10.1. The minimum absolute atomic E-state index is 0. The van der Waals surface area contributed by atoms with E-state index in [1.54, 1.807) is 0 Å². The Labute approximate surface area is 90.6 Å². The van der Waals surface area contributed by atoms with E-state index in [9.17, 15) is 9.90 Å². The van der Waals surface area contributed by atoms with Crippen molar-refractivity contribution in [3.05, 3.63) is 0 Å². The maximum absolute atomic E-state index is 10.1. The second-order valence-electron chi connectivity index (χ2n) is 3.77. The molecule has 2 nitrogen and oxygen atoms in total. The Morgan fingerprint density at radius 2 is 1.85 bits per heavy atom. The summed E-state index contributed by atoms with van der Waals surface area (Å²) in [6, 6.07) is 0. The van der Waals surface area contributed by atoms with Crippen LogP contribution in [0.15, 0.2) is 0 Å². The van der Waals surface area contributed by atoms with E-state index in [2.05, 4.69) is 0 Å². The third-order valence-corrected chi connectivity index (χ3v) is 2.72. The minimum Gasteiger partial charge on any atom is -0.550 e. The van der Waals surface area contributed by atoms with Gasteiger partial charge in [-0.1, -0.05) is 38.5 Å². The molecule has 0 aromatic heterocycles. The van der Waals surface area contributed by atoms with Crippen molar-refractivity contribution in [2.45, 2.75) is 51.4 Å². The van der Waals surface area contributed by atoms with E-state index in [4.69, 9.17) is 0 Å². The number of carboxylic acids is 1. The second kappa shape index (κ2) is 7.40. The van der Waals surface area contributed by atoms with Gasteiger partial charge in [-0.15, -0.1) is 0 Å². The van der Waals surface area contributed by atoms with Crippen LogP contribution in [-0.2, 0) is 21.9 Å². The fourth-order valence-corrected chi connectivity index (χ4v) is 2.01. The Bertz CT molecular complexity index is 142. The summed E-state index contributed by atoms with van der Waals surface area (Å²) in [6.45, 7) is 0. The quantitative estimate of drug-likeness (QED) is 0.678. The molecular formula is C10H17MnO2+. The SMILES string of the molecule is O=C([O-])CCCC1CCCCC1.[Mn+2]. The fourth-order valence-electron chi connectivity index (χ4n) is 2.01. The van der Waals surface area contributed by atoms with Crippen LogP contribution in [0.3, 0.4) is 0 Å². The van der Waals surface area contributed by atoms with Gasteiger partial charge in [0.1, 0.15) is 0 Å². The number of hydrogen-bond acceptors (Lipinski definition) is 2. The fraction of sp³-hybridized carbons (Fsp3) is 0.900. The van der Waals surface area contributed by atoms with Crippen molar-refractivity contribution in [3.8, 4) is 0 Å². The molecule has 0 heterocycles. The Hall–Kier alpha value is -0.0105. The monoisotopic (exact) mass is 224 g/mol. The van der Waals surface area contributed by atoms with Crippen LogP contribution in [0.4, 0.5) is 0 Å². The van der Waals surface area contributed by atoms with Gasteiger partial charge in [-0.3, -0.25) is 0 Å². The molecule has 0 aliphatic heterocycles. The molecule has 1 aliphatic rings. The van der Waals surface area contributed by atoms with Gasteiger partial charge in [-0.25, -0.2) is 0 Å². The van der Waals surface area contributed by atoms with Crippen LogP contribution in [0.5, 0.6) is 0 Å². The first-order chi connectivity index (χ1) is 5.79. The van der Waals surface area contributed by atoms with Crippen LogP contribution in [0.2, 0.25) is 0 Å². The summed E-state index contributed by atoms with van der Waals surface area (Å²) in [5.41, 5.74) is 0. The molecule has 0 amide bonds. The topological polar surface area (TPSA) is 40.1 Å². The molecular weight excluding hydrogens is 207 g/mol. The standard InChI is InChI=1S/C10H18O2.Mn/c11-10(12)8-4-7-9-5-2-1-3-6-9;/h9H,1-8H2,(H,11,12);/q;+2/p-1. The van der Waals surface area contributed by atoms with E-state index in [0.29, 0.717) is 0 Å². The van der Waals surface area contributed by atoms with E-state index in [1.807, 2.05) is 0 Å². The van der Waals surface area contributed by atoms with Crippen LogP contribution in [0.25, 0.3) is 0 Å². The smallest absolute Gasteiger partial charge is 0.550 e. The summed E-state index contributed by atoms with van der Waals surface area (Å²) in [4.78, 5) is 10.1. The van der Waals surface area contributed by atoms with Gasteiger partial charge in [0.05, 0.1) is 0 Å². The number of carboxylic acid groups (broad SMARTS) is 1. The Balaban J connectivity index is 0.00000144. The molecule has 0 aromatic rings. The van der Waals surface area contributed by atoms with Gasteiger partial charge in [0.2, 0.25) is 0 Å². The average molecular weight is 224 g/mol. The average Bonchev–Trinajstić information content (AvgIpc) is 2.05. The second-order valence-corrected chi connectivity index (χ2v) is 3.77. The normalized spacial score (nSPS) is 17.8. The molecule has 3 heteroatoms. The Morgan fingerprint density at radius 3 is 2.38 bits per heavy atom. The van der Waals surface area contributed by atoms with Crippen molar-refractivity contribution in [2.75, 3.05) is 0 Å². The van der Waals surface area contributed by atoms with Crippen LogP contribution >= 0.6 is 0 Å². The van der Waals surface area contributed by atoms with Crippen molar-refractivity contribution in [3.63, 3.8) is 0 Å². The van der Waals surface area contributed by atoms with Crippen molar-refractivity contribution < 1.29 is 27.0 Å². The van der Waals surface area contributed by atoms with Crippen LogP contribution < -0.4 is 5.11 Å². The molecule has 0 bridgehead atoms. The molecule has 0 atom stereocenters. The largest absolute Gasteiger partial charge is 2.00 e. The van der Waals surface area contributed by atoms with Gasteiger partial charge in [0.25, 0.3) is 0 Å². The van der Waals surface area contributed by atoms with Gasteiger partial charge >= 0.3 is 17.1 Å². The van der Waals surface area contributed by atoms with Crippen molar-refractivity contribution in [1.29, 1.82) is 0 Å². The molecule has 13 heavy (non-hydrogen) atoms. The molecule has 1 saturated carbocycles. The van der Waals surface area contributed by atoms with Gasteiger partial charge in [0.15, 0.2) is 0 Å². The molecule has 1 fully saturated rings. The van der Waals surface area contributed by atoms with E-state index < -0.39 is 5.97 Å². The Kier molecular flexibility index (Phi) is 7.39. The summed E-state index contributed by atoms with van der Waals surface area (Å²) in [5.74, 6) is -0.0936. The van der Waals surface area contributed by atoms with Gasteiger partial charge in [-0.2, -0.15) is 0 Å². The van der Waals surface area contributed by atoms with Gasteiger partial charge < -0.3 is 9.90 Å². The predicted octanol–water partition coefficient (Wildman–Crippen LogP) is 1.48. The zero-order valence-corrected chi connectivity index (χ0v) is 9.11. The molecule has 1 aliphatic carbocycles. The molecule has 0 saturated heterocycles. The third kappa shape index (κ3) is 6.11. The number of carbonyl (C=O) groups is 1. The third-order valence-electron chi connectivity index (χ3n) is 2.72. The number of hydrogen-bond donors (Lipinski definition) is 0. The van der Waals surface area contributed by atoms with Gasteiger partial charge in [-0.05, 0) is 18.8 Å².